The molecule has 2 aliphatic rings. The molecule has 0 saturated heterocycles. The second-order valence-corrected chi connectivity index (χ2v) is 5.24. The van der Waals surface area contributed by atoms with Gasteiger partial charge in [0.25, 0.3) is 0 Å². The molecule has 1 aliphatic carbocycles. The Bertz CT molecular complexity index is 419. The van der Waals surface area contributed by atoms with Crippen LogP contribution in [-0.2, 0) is 0 Å². The molecule has 5 nitrogen and oxygen atoms in total. The second kappa shape index (κ2) is 4.18. The number of aromatic nitrogens is 3. The van der Waals surface area contributed by atoms with Gasteiger partial charge in [-0.1, -0.05) is 24.6 Å². The summed E-state index contributed by atoms with van der Waals surface area (Å²) >= 11 is 1.68. The van der Waals surface area contributed by atoms with Gasteiger partial charge >= 0.3 is 0 Å². The van der Waals surface area contributed by atoms with E-state index >= 15 is 0 Å². The summed E-state index contributed by atoms with van der Waals surface area (Å²) in [6, 6.07) is 0. The minimum atomic E-state index is 0.523. The van der Waals surface area contributed by atoms with Crippen molar-refractivity contribution in [3.8, 4) is 0 Å². The molecule has 0 unspecified atom stereocenters. The van der Waals surface area contributed by atoms with Crippen molar-refractivity contribution >= 4 is 17.5 Å². The molecular weight excluding hydrogens is 222 g/mol. The molecule has 0 aromatic carbocycles. The molecule has 6 heteroatoms. The summed E-state index contributed by atoms with van der Waals surface area (Å²) in [5, 5.41) is 13.9. The topological polar surface area (TPSA) is 69.1 Å². The zero-order valence-electron chi connectivity index (χ0n) is 9.09. The Kier molecular flexibility index (Phi) is 2.69. The summed E-state index contributed by atoms with van der Waals surface area (Å²) in [4.78, 5) is 0. The minimum Gasteiger partial charge on any atom is -0.325 e. The van der Waals surface area contributed by atoms with Gasteiger partial charge in [0, 0.05) is 18.2 Å². The van der Waals surface area contributed by atoms with E-state index in [1.807, 2.05) is 4.68 Å². The van der Waals surface area contributed by atoms with Gasteiger partial charge in [-0.2, -0.15) is 9.78 Å². The van der Waals surface area contributed by atoms with Crippen LogP contribution in [0.5, 0.6) is 0 Å². The van der Waals surface area contributed by atoms with E-state index in [9.17, 15) is 0 Å². The third-order valence-corrected chi connectivity index (χ3v) is 4.19. The van der Waals surface area contributed by atoms with Crippen molar-refractivity contribution in [3.05, 3.63) is 5.82 Å². The van der Waals surface area contributed by atoms with Crippen LogP contribution in [0, 0.1) is 0 Å². The highest BCUT2D eigenvalue weighted by Crippen LogP contribution is 2.35. The van der Waals surface area contributed by atoms with Crippen molar-refractivity contribution in [2.24, 2.45) is 10.8 Å². The SMILES string of the molecule is NCC1=Nn2c(nnc2C2CCCC2)SC1. The Morgan fingerprint density at radius 1 is 1.31 bits per heavy atom. The maximum atomic E-state index is 5.63. The van der Waals surface area contributed by atoms with Crippen LogP contribution in [0.15, 0.2) is 10.3 Å². The molecule has 0 amide bonds. The quantitative estimate of drug-likeness (QED) is 0.839. The molecule has 0 spiro atoms. The van der Waals surface area contributed by atoms with Crippen molar-refractivity contribution < 1.29 is 0 Å². The van der Waals surface area contributed by atoms with Crippen LogP contribution >= 0.6 is 11.8 Å². The number of hydrogen-bond acceptors (Lipinski definition) is 5. The van der Waals surface area contributed by atoms with Crippen LogP contribution in [0.2, 0.25) is 0 Å². The minimum absolute atomic E-state index is 0.523. The Balaban J connectivity index is 1.97. The normalized spacial score (nSPS) is 20.9. The fraction of sp³-hybridized carbons (Fsp3) is 0.700. The fourth-order valence-corrected chi connectivity index (χ4v) is 3.14. The second-order valence-electron chi connectivity index (χ2n) is 4.29. The highest BCUT2D eigenvalue weighted by atomic mass is 32.2. The molecule has 1 aliphatic heterocycles. The average molecular weight is 237 g/mol. The number of hydrogen-bond donors (Lipinski definition) is 1. The van der Waals surface area contributed by atoms with Gasteiger partial charge in [0.15, 0.2) is 5.82 Å². The molecule has 1 aromatic rings. The standard InChI is InChI=1S/C10H15N5S/c11-5-8-6-16-10-13-12-9(15(10)14-8)7-3-1-2-4-7/h7H,1-6,11H2. The van der Waals surface area contributed by atoms with Crippen molar-refractivity contribution in [2.75, 3.05) is 12.3 Å². The van der Waals surface area contributed by atoms with Crippen LogP contribution in [0.3, 0.4) is 0 Å². The molecule has 2 heterocycles. The van der Waals surface area contributed by atoms with Crippen LogP contribution in [-0.4, -0.2) is 32.9 Å². The van der Waals surface area contributed by atoms with E-state index in [1.54, 1.807) is 11.8 Å². The third-order valence-electron chi connectivity index (χ3n) is 3.20. The number of nitrogens with zero attached hydrogens (tertiary/aromatic N) is 4. The maximum Gasteiger partial charge on any atom is 0.212 e. The summed E-state index contributed by atoms with van der Waals surface area (Å²) < 4.78 is 1.91. The molecule has 86 valence electrons. The van der Waals surface area contributed by atoms with Gasteiger partial charge in [0.05, 0.1) is 5.71 Å². The predicted octanol–water partition coefficient (Wildman–Crippen LogP) is 1.20. The predicted molar refractivity (Wildman–Crippen MR) is 63.8 cm³/mol. The molecule has 1 fully saturated rings. The zero-order chi connectivity index (χ0) is 11.0. The molecule has 1 saturated carbocycles. The molecule has 0 bridgehead atoms. The van der Waals surface area contributed by atoms with Gasteiger partial charge in [-0.25, -0.2) is 0 Å². The third kappa shape index (κ3) is 1.66. The Morgan fingerprint density at radius 2 is 2.12 bits per heavy atom. The largest absolute Gasteiger partial charge is 0.325 e. The lowest BCUT2D eigenvalue weighted by Crippen LogP contribution is -2.22. The monoisotopic (exact) mass is 237 g/mol. The van der Waals surface area contributed by atoms with E-state index in [2.05, 4.69) is 15.3 Å². The number of rotatable bonds is 2. The molecule has 2 N–H and O–H groups in total. The molecule has 16 heavy (non-hydrogen) atoms. The van der Waals surface area contributed by atoms with Crippen LogP contribution in [0.25, 0.3) is 0 Å². The van der Waals surface area contributed by atoms with Crippen molar-refractivity contribution in [1.82, 2.24) is 14.9 Å². The lowest BCUT2D eigenvalue weighted by Gasteiger charge is -2.14. The first-order valence-corrected chi connectivity index (χ1v) is 6.72. The van der Waals surface area contributed by atoms with E-state index in [4.69, 9.17) is 5.73 Å². The van der Waals surface area contributed by atoms with Gasteiger partial charge in [-0.05, 0) is 12.8 Å². The van der Waals surface area contributed by atoms with E-state index in [0.29, 0.717) is 12.5 Å². The summed E-state index contributed by atoms with van der Waals surface area (Å²) in [5.74, 6) is 2.42. The van der Waals surface area contributed by atoms with E-state index in [0.717, 1.165) is 22.4 Å². The van der Waals surface area contributed by atoms with Gasteiger partial charge < -0.3 is 5.73 Å². The van der Waals surface area contributed by atoms with E-state index in [1.165, 1.54) is 25.7 Å². The smallest absolute Gasteiger partial charge is 0.212 e. The van der Waals surface area contributed by atoms with Crippen LogP contribution < -0.4 is 5.73 Å². The van der Waals surface area contributed by atoms with Gasteiger partial charge in [0.1, 0.15) is 0 Å². The van der Waals surface area contributed by atoms with Crippen LogP contribution in [0.4, 0.5) is 0 Å². The number of nitrogens with two attached hydrogens (primary N) is 1. The van der Waals surface area contributed by atoms with Crippen molar-refractivity contribution in [2.45, 2.75) is 36.8 Å². The number of fused-ring (bicyclic) bond motifs is 1. The number of thioether (sulfide) groups is 1. The Labute approximate surface area is 98.5 Å². The highest BCUT2D eigenvalue weighted by Gasteiger charge is 2.26. The van der Waals surface area contributed by atoms with E-state index < -0.39 is 0 Å². The van der Waals surface area contributed by atoms with Crippen LogP contribution in [0.1, 0.15) is 37.4 Å². The Morgan fingerprint density at radius 3 is 2.88 bits per heavy atom. The lowest BCUT2D eigenvalue weighted by atomic mass is 10.1. The summed E-state index contributed by atoms with van der Waals surface area (Å²) in [7, 11) is 0. The van der Waals surface area contributed by atoms with Gasteiger partial charge in [-0.15, -0.1) is 10.2 Å². The first-order valence-electron chi connectivity index (χ1n) is 5.73. The molecular formula is C10H15N5S. The van der Waals surface area contributed by atoms with E-state index in [-0.39, 0.29) is 0 Å². The van der Waals surface area contributed by atoms with Crippen molar-refractivity contribution in [3.63, 3.8) is 0 Å². The first-order chi connectivity index (χ1) is 7.88. The first kappa shape index (κ1) is 10.3. The van der Waals surface area contributed by atoms with Gasteiger partial charge in [0.2, 0.25) is 5.16 Å². The van der Waals surface area contributed by atoms with Gasteiger partial charge in [-0.3, -0.25) is 0 Å². The fourth-order valence-electron chi connectivity index (χ4n) is 2.32. The highest BCUT2D eigenvalue weighted by molar-refractivity contribution is 7.99. The molecule has 0 atom stereocenters. The van der Waals surface area contributed by atoms with Crippen molar-refractivity contribution in [1.29, 1.82) is 0 Å². The lowest BCUT2D eigenvalue weighted by molar-refractivity contribution is 0.605. The molecule has 0 radical (unpaired) electrons. The molecule has 3 rings (SSSR count). The summed E-state index contributed by atoms with van der Waals surface area (Å²) in [6.07, 6.45) is 5.04. The summed E-state index contributed by atoms with van der Waals surface area (Å²) in [6.45, 7) is 0.523. The zero-order valence-corrected chi connectivity index (χ0v) is 9.91. The maximum absolute atomic E-state index is 5.63. The average Bonchev–Trinajstić information content (AvgIpc) is 2.96. The molecule has 1 aromatic heterocycles. The summed E-state index contributed by atoms with van der Waals surface area (Å²) in [5.41, 5.74) is 6.66. The Hall–Kier alpha value is -0.880.